The van der Waals surface area contributed by atoms with Crippen LogP contribution in [-0.4, -0.2) is 43.8 Å². The average molecular weight is 411 g/mol. The van der Waals surface area contributed by atoms with Crippen molar-refractivity contribution in [1.29, 1.82) is 0 Å². The third-order valence-corrected chi connectivity index (χ3v) is 4.14. The Kier molecular flexibility index (Phi) is 6.16. The molecule has 10 heteroatoms. The number of carbonyl (C=O) groups is 3. The summed E-state index contributed by atoms with van der Waals surface area (Å²) in [6, 6.07) is 11.9. The van der Waals surface area contributed by atoms with Crippen LogP contribution in [0.4, 0.5) is 11.4 Å². The molecule has 30 heavy (non-hydrogen) atoms. The standard InChI is InChI=1S/C20H21N5O5/c1-12-3-6-14(7-4-12)25-18(27)10-22-19(24-25)20(28)23-13-5-8-15(29-2)16(9-13)30-11-17(21)26/h3-9H,10-11H2,1-2H3,(H2,21,26)(H,22,24)(H,23,28). The second kappa shape index (κ2) is 8.95. The molecule has 0 spiro atoms. The Hall–Kier alpha value is -4.08. The van der Waals surface area contributed by atoms with Gasteiger partial charge < -0.3 is 20.5 Å². The number of aliphatic imine (C=N–C) groups is 1. The Labute approximate surface area is 172 Å². The zero-order valence-corrected chi connectivity index (χ0v) is 16.5. The summed E-state index contributed by atoms with van der Waals surface area (Å²) in [5, 5.41) is 3.94. The number of primary amides is 1. The van der Waals surface area contributed by atoms with Crippen LogP contribution >= 0.6 is 0 Å². The molecule has 0 aliphatic carbocycles. The molecule has 1 heterocycles. The summed E-state index contributed by atoms with van der Waals surface area (Å²) in [6.45, 7) is 1.43. The van der Waals surface area contributed by atoms with Gasteiger partial charge in [-0.25, -0.2) is 5.01 Å². The van der Waals surface area contributed by atoms with Crippen molar-refractivity contribution in [2.75, 3.05) is 30.6 Å². The fourth-order valence-corrected chi connectivity index (χ4v) is 2.65. The number of amidine groups is 1. The van der Waals surface area contributed by atoms with Crippen molar-refractivity contribution >= 4 is 34.9 Å². The molecule has 1 aliphatic rings. The van der Waals surface area contributed by atoms with Gasteiger partial charge in [0.2, 0.25) is 5.84 Å². The predicted molar refractivity (Wildman–Crippen MR) is 110 cm³/mol. The van der Waals surface area contributed by atoms with Crippen molar-refractivity contribution in [3.63, 3.8) is 0 Å². The minimum absolute atomic E-state index is 0.0226. The van der Waals surface area contributed by atoms with Gasteiger partial charge in [-0.3, -0.25) is 24.8 Å². The summed E-state index contributed by atoms with van der Waals surface area (Å²) < 4.78 is 10.5. The van der Waals surface area contributed by atoms with Crippen molar-refractivity contribution in [1.82, 2.24) is 5.43 Å². The second-order valence-corrected chi connectivity index (χ2v) is 6.42. The average Bonchev–Trinajstić information content (AvgIpc) is 2.73. The molecule has 3 amide bonds. The van der Waals surface area contributed by atoms with Crippen LogP contribution in [-0.2, 0) is 14.4 Å². The third-order valence-electron chi connectivity index (χ3n) is 4.14. The molecular formula is C20H21N5O5. The Morgan fingerprint density at radius 3 is 2.60 bits per heavy atom. The van der Waals surface area contributed by atoms with E-state index in [-0.39, 0.29) is 30.6 Å². The van der Waals surface area contributed by atoms with Gasteiger partial charge in [-0.2, -0.15) is 0 Å². The number of hydrogen-bond acceptors (Lipinski definition) is 7. The van der Waals surface area contributed by atoms with E-state index in [1.165, 1.54) is 18.2 Å². The number of benzene rings is 2. The first kappa shape index (κ1) is 20.6. The van der Waals surface area contributed by atoms with Crippen LogP contribution in [0.5, 0.6) is 11.5 Å². The number of aryl methyl sites for hydroxylation is 1. The molecule has 4 N–H and O–H groups in total. The third kappa shape index (κ3) is 4.85. The summed E-state index contributed by atoms with van der Waals surface area (Å²) in [5.74, 6) is -0.894. The maximum Gasteiger partial charge on any atom is 0.292 e. The van der Waals surface area contributed by atoms with Gasteiger partial charge in [-0.05, 0) is 31.2 Å². The van der Waals surface area contributed by atoms with Crippen molar-refractivity contribution in [3.8, 4) is 11.5 Å². The van der Waals surface area contributed by atoms with Gasteiger partial charge in [-0.15, -0.1) is 0 Å². The second-order valence-electron chi connectivity index (χ2n) is 6.42. The van der Waals surface area contributed by atoms with Crippen LogP contribution in [0.2, 0.25) is 0 Å². The summed E-state index contributed by atoms with van der Waals surface area (Å²) in [4.78, 5) is 39.8. The van der Waals surface area contributed by atoms with E-state index in [9.17, 15) is 14.4 Å². The smallest absolute Gasteiger partial charge is 0.292 e. The Bertz CT molecular complexity index is 1000. The normalized spacial score (nSPS) is 13.2. The van der Waals surface area contributed by atoms with Crippen LogP contribution in [0.15, 0.2) is 47.5 Å². The monoisotopic (exact) mass is 411 g/mol. The highest BCUT2D eigenvalue weighted by Gasteiger charge is 2.25. The molecule has 0 unspecified atom stereocenters. The maximum atomic E-state index is 12.6. The molecule has 0 fully saturated rings. The van der Waals surface area contributed by atoms with Gasteiger partial charge in [-0.1, -0.05) is 17.7 Å². The van der Waals surface area contributed by atoms with Crippen LogP contribution in [0, 0.1) is 6.92 Å². The molecule has 3 rings (SSSR count). The maximum absolute atomic E-state index is 12.6. The van der Waals surface area contributed by atoms with E-state index in [0.717, 1.165) is 5.56 Å². The highest BCUT2D eigenvalue weighted by atomic mass is 16.5. The first-order valence-corrected chi connectivity index (χ1v) is 8.98. The lowest BCUT2D eigenvalue weighted by Gasteiger charge is -2.27. The molecule has 0 saturated carbocycles. The van der Waals surface area contributed by atoms with Crippen molar-refractivity contribution in [2.24, 2.45) is 10.7 Å². The lowest BCUT2D eigenvalue weighted by atomic mass is 10.2. The molecule has 0 atom stereocenters. The van der Waals surface area contributed by atoms with Gasteiger partial charge >= 0.3 is 0 Å². The number of methoxy groups -OCH3 is 1. The quantitative estimate of drug-likeness (QED) is 0.615. The first-order chi connectivity index (χ1) is 14.4. The zero-order chi connectivity index (χ0) is 21.7. The summed E-state index contributed by atoms with van der Waals surface area (Å²) in [7, 11) is 1.45. The van der Waals surface area contributed by atoms with Crippen molar-refractivity contribution < 1.29 is 23.9 Å². The van der Waals surface area contributed by atoms with Crippen molar-refractivity contribution in [3.05, 3.63) is 48.0 Å². The number of nitrogens with zero attached hydrogens (tertiary/aromatic N) is 2. The highest BCUT2D eigenvalue weighted by molar-refractivity contribution is 6.43. The van der Waals surface area contributed by atoms with Crippen LogP contribution < -0.4 is 31.0 Å². The van der Waals surface area contributed by atoms with Gasteiger partial charge in [0.1, 0.15) is 6.54 Å². The lowest BCUT2D eigenvalue weighted by molar-refractivity contribution is -0.120. The fourth-order valence-electron chi connectivity index (χ4n) is 2.65. The molecule has 0 radical (unpaired) electrons. The minimum Gasteiger partial charge on any atom is -0.493 e. The molecule has 1 aliphatic heterocycles. The molecular weight excluding hydrogens is 390 g/mol. The van der Waals surface area contributed by atoms with Crippen LogP contribution in [0.1, 0.15) is 5.56 Å². The number of carbonyl (C=O) groups excluding carboxylic acids is 3. The summed E-state index contributed by atoms with van der Waals surface area (Å²) in [5.41, 5.74) is 9.86. The van der Waals surface area contributed by atoms with Gasteiger partial charge in [0.25, 0.3) is 17.7 Å². The number of amides is 3. The summed E-state index contributed by atoms with van der Waals surface area (Å²) in [6.07, 6.45) is 0. The molecule has 0 saturated heterocycles. The largest absolute Gasteiger partial charge is 0.493 e. The summed E-state index contributed by atoms with van der Waals surface area (Å²) >= 11 is 0. The Balaban J connectivity index is 1.73. The minimum atomic E-state index is -0.645. The van der Waals surface area contributed by atoms with E-state index in [1.807, 2.05) is 19.1 Å². The molecule has 2 aromatic rings. The van der Waals surface area contributed by atoms with E-state index in [0.29, 0.717) is 17.1 Å². The number of ether oxygens (including phenoxy) is 2. The number of nitrogens with two attached hydrogens (primary N) is 1. The molecule has 2 aromatic carbocycles. The van der Waals surface area contributed by atoms with Crippen LogP contribution in [0.25, 0.3) is 0 Å². The van der Waals surface area contributed by atoms with E-state index >= 15 is 0 Å². The topological polar surface area (TPSA) is 135 Å². The highest BCUT2D eigenvalue weighted by Crippen LogP contribution is 2.30. The lowest BCUT2D eigenvalue weighted by Crippen LogP contribution is -2.54. The number of hydrazine groups is 1. The van der Waals surface area contributed by atoms with Gasteiger partial charge in [0, 0.05) is 11.8 Å². The first-order valence-electron chi connectivity index (χ1n) is 8.98. The zero-order valence-electron chi connectivity index (χ0n) is 16.5. The number of nitrogens with one attached hydrogen (secondary N) is 2. The van der Waals surface area contributed by atoms with E-state index in [2.05, 4.69) is 15.7 Å². The molecule has 0 aromatic heterocycles. The van der Waals surface area contributed by atoms with Crippen LogP contribution in [0.3, 0.4) is 0 Å². The van der Waals surface area contributed by atoms with Gasteiger partial charge in [0.15, 0.2) is 18.1 Å². The van der Waals surface area contributed by atoms with E-state index in [4.69, 9.17) is 15.2 Å². The molecule has 10 nitrogen and oxygen atoms in total. The Morgan fingerprint density at radius 1 is 1.20 bits per heavy atom. The van der Waals surface area contributed by atoms with E-state index < -0.39 is 11.8 Å². The number of rotatable bonds is 7. The van der Waals surface area contributed by atoms with E-state index in [1.54, 1.807) is 24.3 Å². The number of anilines is 2. The SMILES string of the molecule is COc1ccc(NC(=O)C2=NCC(=O)N(c3ccc(C)cc3)N2)cc1OCC(N)=O. The predicted octanol–water partition coefficient (Wildman–Crippen LogP) is 0.756. The fraction of sp³-hybridized carbons (Fsp3) is 0.200. The van der Waals surface area contributed by atoms with Gasteiger partial charge in [0.05, 0.1) is 12.8 Å². The molecule has 0 bridgehead atoms. The molecule has 156 valence electrons. The number of hydrogen-bond donors (Lipinski definition) is 3. The van der Waals surface area contributed by atoms with Crippen molar-refractivity contribution in [2.45, 2.75) is 6.92 Å². The Morgan fingerprint density at radius 2 is 1.93 bits per heavy atom.